The van der Waals surface area contributed by atoms with Gasteiger partial charge in [0, 0.05) is 23.9 Å². The SMILES string of the molecule is CCCc1cccnc1S(=O)(=O)Nc1nc(-c2cc[n+]([O-])cc2)nc(OCCO)c1Oc1ccccc1OC. The van der Waals surface area contributed by atoms with Crippen LogP contribution < -0.4 is 23.7 Å². The molecule has 2 N–H and O–H groups in total. The van der Waals surface area contributed by atoms with E-state index in [1.54, 1.807) is 36.4 Å². The molecule has 0 bridgehead atoms. The Morgan fingerprint density at radius 1 is 1.05 bits per heavy atom. The van der Waals surface area contributed by atoms with E-state index in [2.05, 4.69) is 19.7 Å². The molecular formula is C26H27N5O7S. The van der Waals surface area contributed by atoms with Crippen molar-refractivity contribution in [3.05, 3.63) is 77.9 Å². The third-order valence-corrected chi connectivity index (χ3v) is 6.70. The van der Waals surface area contributed by atoms with Gasteiger partial charge in [-0.15, -0.1) is 0 Å². The van der Waals surface area contributed by atoms with Crippen molar-refractivity contribution in [1.29, 1.82) is 0 Å². The second-order valence-electron chi connectivity index (χ2n) is 8.12. The summed E-state index contributed by atoms with van der Waals surface area (Å²) in [5, 5.41) is 20.8. The van der Waals surface area contributed by atoms with Gasteiger partial charge in [0.15, 0.2) is 40.6 Å². The number of sulfonamides is 1. The van der Waals surface area contributed by atoms with Gasteiger partial charge in [0.2, 0.25) is 5.75 Å². The molecule has 3 aromatic heterocycles. The number of methoxy groups -OCH3 is 1. The normalized spacial score (nSPS) is 11.2. The van der Waals surface area contributed by atoms with Gasteiger partial charge in [0.05, 0.1) is 13.7 Å². The van der Waals surface area contributed by atoms with Crippen molar-refractivity contribution in [2.24, 2.45) is 0 Å². The zero-order chi connectivity index (χ0) is 27.8. The Morgan fingerprint density at radius 3 is 2.49 bits per heavy atom. The lowest BCUT2D eigenvalue weighted by Gasteiger charge is -2.18. The molecule has 0 aliphatic carbocycles. The van der Waals surface area contributed by atoms with Gasteiger partial charge in [-0.3, -0.25) is 4.72 Å². The van der Waals surface area contributed by atoms with E-state index >= 15 is 0 Å². The lowest BCUT2D eigenvalue weighted by Crippen LogP contribution is -2.23. The summed E-state index contributed by atoms with van der Waals surface area (Å²) < 4.78 is 47.4. The number of para-hydroxylation sites is 2. The van der Waals surface area contributed by atoms with Crippen LogP contribution in [-0.2, 0) is 16.4 Å². The Morgan fingerprint density at radius 2 is 1.79 bits per heavy atom. The van der Waals surface area contributed by atoms with Gasteiger partial charge < -0.3 is 24.5 Å². The summed E-state index contributed by atoms with van der Waals surface area (Å²) in [5.74, 6) is 0.0902. The summed E-state index contributed by atoms with van der Waals surface area (Å²) >= 11 is 0. The maximum Gasteiger partial charge on any atom is 0.280 e. The smallest absolute Gasteiger partial charge is 0.280 e. The van der Waals surface area contributed by atoms with E-state index in [1.165, 1.54) is 37.8 Å². The molecule has 0 saturated carbocycles. The molecule has 0 atom stereocenters. The predicted molar refractivity (Wildman–Crippen MR) is 141 cm³/mol. The van der Waals surface area contributed by atoms with Crippen molar-refractivity contribution in [2.45, 2.75) is 24.8 Å². The van der Waals surface area contributed by atoms with Gasteiger partial charge in [-0.1, -0.05) is 31.5 Å². The van der Waals surface area contributed by atoms with Crippen LogP contribution in [-0.4, -0.2) is 48.8 Å². The number of hydrogen-bond donors (Lipinski definition) is 2. The number of nitrogens with zero attached hydrogens (tertiary/aromatic N) is 4. The number of anilines is 1. The van der Waals surface area contributed by atoms with Crippen LogP contribution in [0.25, 0.3) is 11.4 Å². The summed E-state index contributed by atoms with van der Waals surface area (Å²) in [4.78, 5) is 12.9. The van der Waals surface area contributed by atoms with Crippen LogP contribution in [0.5, 0.6) is 23.1 Å². The summed E-state index contributed by atoms with van der Waals surface area (Å²) in [6.07, 6.45) is 5.10. The van der Waals surface area contributed by atoms with Gasteiger partial charge in [-0.25, -0.2) is 9.97 Å². The van der Waals surface area contributed by atoms with Crippen molar-refractivity contribution < 1.29 is 32.5 Å². The van der Waals surface area contributed by atoms with Crippen molar-refractivity contribution in [3.63, 3.8) is 0 Å². The highest BCUT2D eigenvalue weighted by Crippen LogP contribution is 2.41. The lowest BCUT2D eigenvalue weighted by molar-refractivity contribution is -0.605. The molecule has 0 fully saturated rings. The molecule has 4 rings (SSSR count). The standard InChI is InChI=1S/C26H27N5O7S/c1-3-7-19-8-6-13-27-26(19)39(34,35)30-24-22(38-21-10-5-4-9-20(21)36-2)25(37-17-16-32)29-23(28-24)18-11-14-31(33)15-12-18/h4-6,8-15,32H,3,7,16-17H2,1-2H3,(H,28,29,30). The summed E-state index contributed by atoms with van der Waals surface area (Å²) in [5.41, 5.74) is 0.943. The molecule has 0 amide bonds. The first-order valence-corrected chi connectivity index (χ1v) is 13.5. The van der Waals surface area contributed by atoms with Gasteiger partial charge in [-0.05, 0) is 30.2 Å². The highest BCUT2D eigenvalue weighted by molar-refractivity contribution is 7.92. The molecule has 4 aromatic rings. The van der Waals surface area contributed by atoms with Gasteiger partial charge in [0.1, 0.15) is 6.61 Å². The lowest BCUT2D eigenvalue weighted by atomic mass is 10.2. The fourth-order valence-electron chi connectivity index (χ4n) is 3.64. The van der Waals surface area contributed by atoms with Crippen LogP contribution in [0.2, 0.25) is 0 Å². The number of nitrogens with one attached hydrogen (secondary N) is 1. The summed E-state index contributed by atoms with van der Waals surface area (Å²) in [6, 6.07) is 13.0. The van der Waals surface area contributed by atoms with E-state index in [-0.39, 0.29) is 47.3 Å². The van der Waals surface area contributed by atoms with Crippen molar-refractivity contribution in [3.8, 4) is 34.5 Å². The van der Waals surface area contributed by atoms with E-state index < -0.39 is 10.0 Å². The van der Waals surface area contributed by atoms with Crippen LogP contribution in [0.1, 0.15) is 18.9 Å². The third kappa shape index (κ3) is 6.51. The highest BCUT2D eigenvalue weighted by atomic mass is 32.2. The molecule has 39 heavy (non-hydrogen) atoms. The van der Waals surface area contributed by atoms with Gasteiger partial charge in [0.25, 0.3) is 15.9 Å². The molecule has 0 aliphatic rings. The highest BCUT2D eigenvalue weighted by Gasteiger charge is 2.27. The number of benzene rings is 1. The monoisotopic (exact) mass is 553 g/mol. The molecular weight excluding hydrogens is 526 g/mol. The summed E-state index contributed by atoms with van der Waals surface area (Å²) in [6.45, 7) is 1.43. The van der Waals surface area contributed by atoms with Crippen LogP contribution >= 0.6 is 0 Å². The number of rotatable bonds is 12. The Kier molecular flexibility index (Phi) is 8.74. The zero-order valence-corrected chi connectivity index (χ0v) is 22.1. The molecule has 0 aliphatic heterocycles. The minimum absolute atomic E-state index is 0.0448. The van der Waals surface area contributed by atoms with Crippen molar-refractivity contribution in [1.82, 2.24) is 15.0 Å². The molecule has 0 radical (unpaired) electrons. The Bertz CT molecular complexity index is 1530. The second-order valence-corrected chi connectivity index (χ2v) is 9.72. The molecule has 3 heterocycles. The van der Waals surface area contributed by atoms with E-state index in [9.17, 15) is 18.7 Å². The number of aromatic nitrogens is 4. The number of aliphatic hydroxyl groups is 1. The average molecular weight is 554 g/mol. The number of aliphatic hydroxyl groups excluding tert-OH is 1. The van der Waals surface area contributed by atoms with E-state index in [4.69, 9.17) is 14.2 Å². The van der Waals surface area contributed by atoms with Crippen LogP contribution in [0, 0.1) is 5.21 Å². The molecule has 0 unspecified atom stereocenters. The predicted octanol–water partition coefficient (Wildman–Crippen LogP) is 3.10. The first kappa shape index (κ1) is 27.5. The fourth-order valence-corrected chi connectivity index (χ4v) is 4.84. The second kappa shape index (κ2) is 12.4. The topological polar surface area (TPSA) is 160 Å². The van der Waals surface area contributed by atoms with E-state index in [0.29, 0.717) is 34.4 Å². The molecule has 0 spiro atoms. The van der Waals surface area contributed by atoms with Crippen LogP contribution in [0.15, 0.2) is 72.1 Å². The molecule has 13 heteroatoms. The molecule has 12 nitrogen and oxygen atoms in total. The number of aryl methyl sites for hydroxylation is 1. The van der Waals surface area contributed by atoms with Crippen LogP contribution in [0.4, 0.5) is 5.82 Å². The number of pyridine rings is 2. The maximum atomic E-state index is 13.6. The maximum absolute atomic E-state index is 13.6. The molecule has 204 valence electrons. The van der Waals surface area contributed by atoms with Gasteiger partial charge >= 0.3 is 0 Å². The summed E-state index contributed by atoms with van der Waals surface area (Å²) in [7, 11) is -2.80. The largest absolute Gasteiger partial charge is 0.619 e. The molecule has 1 aromatic carbocycles. The Hall–Kier alpha value is -4.49. The fraction of sp³-hybridized carbons (Fsp3) is 0.231. The first-order valence-electron chi connectivity index (χ1n) is 12.0. The average Bonchev–Trinajstić information content (AvgIpc) is 2.94. The molecule has 0 saturated heterocycles. The minimum Gasteiger partial charge on any atom is -0.619 e. The number of ether oxygens (including phenoxy) is 3. The van der Waals surface area contributed by atoms with E-state index in [1.807, 2.05) is 6.92 Å². The van der Waals surface area contributed by atoms with Gasteiger partial charge in [-0.2, -0.15) is 18.1 Å². The quantitative estimate of drug-likeness (QED) is 0.197. The number of hydrogen-bond acceptors (Lipinski definition) is 10. The van der Waals surface area contributed by atoms with Crippen molar-refractivity contribution in [2.75, 3.05) is 25.0 Å². The van der Waals surface area contributed by atoms with Crippen LogP contribution in [0.3, 0.4) is 0 Å². The first-order chi connectivity index (χ1) is 18.9. The zero-order valence-electron chi connectivity index (χ0n) is 21.3. The minimum atomic E-state index is -4.26. The van der Waals surface area contributed by atoms with Crippen molar-refractivity contribution >= 4 is 15.8 Å². The third-order valence-electron chi connectivity index (χ3n) is 5.36. The Labute approximate surface area is 225 Å². The van der Waals surface area contributed by atoms with E-state index in [0.717, 1.165) is 0 Å². The Balaban J connectivity index is 1.90.